The molecule has 2 rings (SSSR count). The van der Waals surface area contributed by atoms with Gasteiger partial charge in [0.05, 0.1) is 24.0 Å². The van der Waals surface area contributed by atoms with E-state index in [1.165, 1.54) is 20.0 Å². The average molecular weight is 285 g/mol. The van der Waals surface area contributed by atoms with E-state index in [2.05, 4.69) is 26.0 Å². The van der Waals surface area contributed by atoms with Crippen molar-refractivity contribution in [2.75, 3.05) is 18.2 Å². The molecule has 0 atom stereocenters. The monoisotopic (exact) mass is 284 g/mol. The number of anilines is 2. The summed E-state index contributed by atoms with van der Waals surface area (Å²) in [6.07, 6.45) is 2.34. The molecule has 0 aromatic heterocycles. The second-order valence-corrected chi connectivity index (χ2v) is 4.69. The smallest absolute Gasteiger partial charge is 0.337 e. The van der Waals surface area contributed by atoms with Crippen LogP contribution in [-0.2, 0) is 4.74 Å². The first kappa shape index (κ1) is 11.3. The summed E-state index contributed by atoms with van der Waals surface area (Å²) in [5.74, 6) is -0.384. The van der Waals surface area contributed by atoms with Crippen LogP contribution in [0.3, 0.4) is 0 Å². The molecule has 0 radical (unpaired) electrons. The van der Waals surface area contributed by atoms with Crippen LogP contribution in [0.1, 0.15) is 23.2 Å². The van der Waals surface area contributed by atoms with Gasteiger partial charge < -0.3 is 15.8 Å². The lowest BCUT2D eigenvalue weighted by Crippen LogP contribution is -2.08. The Kier molecular flexibility index (Phi) is 3.05. The fourth-order valence-electron chi connectivity index (χ4n) is 1.45. The molecule has 0 spiro atoms. The molecule has 86 valence electrons. The van der Waals surface area contributed by atoms with Gasteiger partial charge >= 0.3 is 5.97 Å². The maximum Gasteiger partial charge on any atom is 0.337 e. The van der Waals surface area contributed by atoms with Crippen molar-refractivity contribution in [3.63, 3.8) is 0 Å². The van der Waals surface area contributed by atoms with Crippen LogP contribution in [-0.4, -0.2) is 19.1 Å². The van der Waals surface area contributed by atoms with E-state index in [1.54, 1.807) is 12.1 Å². The molecule has 0 aliphatic heterocycles. The summed E-state index contributed by atoms with van der Waals surface area (Å²) in [6.45, 7) is 0. The van der Waals surface area contributed by atoms with Crippen LogP contribution in [0.2, 0.25) is 0 Å². The molecule has 4 nitrogen and oxygen atoms in total. The summed E-state index contributed by atoms with van der Waals surface area (Å²) >= 11 is 3.40. The zero-order valence-electron chi connectivity index (χ0n) is 8.92. The van der Waals surface area contributed by atoms with Crippen molar-refractivity contribution < 1.29 is 9.53 Å². The van der Waals surface area contributed by atoms with Gasteiger partial charge in [-0.15, -0.1) is 0 Å². The maximum atomic E-state index is 11.3. The lowest BCUT2D eigenvalue weighted by Gasteiger charge is -2.12. The third-order valence-electron chi connectivity index (χ3n) is 2.47. The third-order valence-corrected chi connectivity index (χ3v) is 3.09. The first-order chi connectivity index (χ1) is 7.61. The molecular formula is C11H13BrN2O2. The molecule has 0 unspecified atom stereocenters. The number of benzene rings is 1. The minimum Gasteiger partial charge on any atom is -0.465 e. The summed E-state index contributed by atoms with van der Waals surface area (Å²) in [4.78, 5) is 11.3. The van der Waals surface area contributed by atoms with Gasteiger partial charge in [-0.2, -0.15) is 0 Å². The lowest BCUT2D eigenvalue weighted by atomic mass is 10.1. The van der Waals surface area contributed by atoms with Gasteiger partial charge in [0.25, 0.3) is 0 Å². The largest absolute Gasteiger partial charge is 0.465 e. The van der Waals surface area contributed by atoms with Crippen LogP contribution in [0, 0.1) is 0 Å². The number of esters is 1. The summed E-state index contributed by atoms with van der Waals surface area (Å²) in [6, 6.07) is 3.86. The van der Waals surface area contributed by atoms with Crippen LogP contribution in [0.5, 0.6) is 0 Å². The highest BCUT2D eigenvalue weighted by atomic mass is 79.9. The number of halogens is 1. The SMILES string of the molecule is COC(=O)c1cc(N)c(NC2CC2)c(Br)c1. The van der Waals surface area contributed by atoms with Crippen molar-refractivity contribution in [3.05, 3.63) is 22.2 Å². The molecule has 1 aliphatic carbocycles. The number of hydrogen-bond acceptors (Lipinski definition) is 4. The second-order valence-electron chi connectivity index (χ2n) is 3.83. The Morgan fingerprint density at radius 1 is 1.56 bits per heavy atom. The van der Waals surface area contributed by atoms with Crippen molar-refractivity contribution in [1.82, 2.24) is 0 Å². The number of carbonyl (C=O) groups excluding carboxylic acids is 1. The Hall–Kier alpha value is -1.23. The summed E-state index contributed by atoms with van der Waals surface area (Å²) in [7, 11) is 1.35. The summed E-state index contributed by atoms with van der Waals surface area (Å²) in [5, 5.41) is 3.31. The molecule has 3 N–H and O–H groups in total. The van der Waals surface area contributed by atoms with E-state index in [4.69, 9.17) is 5.73 Å². The van der Waals surface area contributed by atoms with Gasteiger partial charge in [-0.25, -0.2) is 4.79 Å². The van der Waals surface area contributed by atoms with E-state index in [1.807, 2.05) is 0 Å². The van der Waals surface area contributed by atoms with Gasteiger partial charge in [-0.05, 0) is 40.9 Å². The predicted molar refractivity (Wildman–Crippen MR) is 66.5 cm³/mol. The first-order valence-electron chi connectivity index (χ1n) is 5.05. The maximum absolute atomic E-state index is 11.3. The number of methoxy groups -OCH3 is 1. The second kappa shape index (κ2) is 4.33. The minimum absolute atomic E-state index is 0.384. The highest BCUT2D eigenvalue weighted by molar-refractivity contribution is 9.10. The fourth-order valence-corrected chi connectivity index (χ4v) is 2.04. The van der Waals surface area contributed by atoms with Gasteiger partial charge in [0, 0.05) is 10.5 Å². The number of hydrogen-bond donors (Lipinski definition) is 2. The summed E-state index contributed by atoms with van der Waals surface area (Å²) in [5.41, 5.74) is 7.76. The zero-order chi connectivity index (χ0) is 11.7. The van der Waals surface area contributed by atoms with Gasteiger partial charge in [-0.3, -0.25) is 0 Å². The molecule has 5 heteroatoms. The number of nitrogen functional groups attached to an aromatic ring is 1. The Morgan fingerprint density at radius 3 is 2.75 bits per heavy atom. The van der Waals surface area contributed by atoms with E-state index >= 15 is 0 Å². The lowest BCUT2D eigenvalue weighted by molar-refractivity contribution is 0.0601. The van der Waals surface area contributed by atoms with Crippen LogP contribution in [0.25, 0.3) is 0 Å². The standard InChI is InChI=1S/C11H13BrN2O2/c1-16-11(15)6-4-8(12)10(9(13)5-6)14-7-2-3-7/h4-5,7,14H,2-3,13H2,1H3. The quantitative estimate of drug-likeness (QED) is 0.661. The molecule has 1 saturated carbocycles. The van der Waals surface area contributed by atoms with Crippen molar-refractivity contribution >= 4 is 33.3 Å². The fraction of sp³-hybridized carbons (Fsp3) is 0.364. The molecule has 0 heterocycles. The van der Waals surface area contributed by atoms with Crippen molar-refractivity contribution in [2.45, 2.75) is 18.9 Å². The molecule has 1 fully saturated rings. The highest BCUT2D eigenvalue weighted by Crippen LogP contribution is 2.35. The first-order valence-corrected chi connectivity index (χ1v) is 5.85. The molecule has 0 bridgehead atoms. The van der Waals surface area contributed by atoms with Crippen LogP contribution in [0.4, 0.5) is 11.4 Å². The van der Waals surface area contributed by atoms with E-state index < -0.39 is 0 Å². The van der Waals surface area contributed by atoms with Crippen molar-refractivity contribution in [1.29, 1.82) is 0 Å². The highest BCUT2D eigenvalue weighted by Gasteiger charge is 2.23. The van der Waals surface area contributed by atoms with E-state index in [0.29, 0.717) is 17.3 Å². The van der Waals surface area contributed by atoms with Crippen molar-refractivity contribution in [2.24, 2.45) is 0 Å². The Balaban J connectivity index is 2.30. The van der Waals surface area contributed by atoms with Gasteiger partial charge in [0.15, 0.2) is 0 Å². The van der Waals surface area contributed by atoms with Gasteiger partial charge in [0.1, 0.15) is 0 Å². The molecule has 1 aromatic carbocycles. The third kappa shape index (κ3) is 2.29. The predicted octanol–water partition coefficient (Wildman–Crippen LogP) is 2.39. The Morgan fingerprint density at radius 2 is 2.25 bits per heavy atom. The van der Waals surface area contributed by atoms with Crippen LogP contribution >= 0.6 is 15.9 Å². The number of nitrogens with two attached hydrogens (primary N) is 1. The normalized spacial score (nSPS) is 14.6. The average Bonchev–Trinajstić information content (AvgIpc) is 3.05. The van der Waals surface area contributed by atoms with E-state index in [9.17, 15) is 4.79 Å². The number of carbonyl (C=O) groups is 1. The molecule has 0 amide bonds. The van der Waals surface area contributed by atoms with Crippen LogP contribution < -0.4 is 11.1 Å². The molecule has 1 aliphatic rings. The minimum atomic E-state index is -0.384. The van der Waals surface area contributed by atoms with E-state index in [-0.39, 0.29) is 5.97 Å². The Labute approximate surface area is 102 Å². The topological polar surface area (TPSA) is 64.3 Å². The molecular weight excluding hydrogens is 272 g/mol. The molecule has 1 aromatic rings. The molecule has 0 saturated heterocycles. The van der Waals surface area contributed by atoms with Gasteiger partial charge in [0.2, 0.25) is 0 Å². The van der Waals surface area contributed by atoms with E-state index in [0.717, 1.165) is 10.2 Å². The Bertz CT molecular complexity index is 407. The number of nitrogens with one attached hydrogen (secondary N) is 1. The number of rotatable bonds is 3. The van der Waals surface area contributed by atoms with Crippen LogP contribution in [0.15, 0.2) is 16.6 Å². The van der Waals surface area contributed by atoms with Gasteiger partial charge in [-0.1, -0.05) is 0 Å². The van der Waals surface area contributed by atoms with Crippen molar-refractivity contribution in [3.8, 4) is 0 Å². The summed E-state index contributed by atoms with van der Waals surface area (Å²) < 4.78 is 5.44. The number of ether oxygens (including phenoxy) is 1. The zero-order valence-corrected chi connectivity index (χ0v) is 10.5. The molecule has 16 heavy (non-hydrogen) atoms.